The number of thiol groups is 1. The van der Waals surface area contributed by atoms with E-state index in [2.05, 4.69) is 33.4 Å². The van der Waals surface area contributed by atoms with Gasteiger partial charge in [0.1, 0.15) is 0 Å². The van der Waals surface area contributed by atoms with Crippen LogP contribution >= 0.6 is 12.6 Å². The van der Waals surface area contributed by atoms with Gasteiger partial charge < -0.3 is 4.48 Å². The van der Waals surface area contributed by atoms with Gasteiger partial charge in [-0.15, -0.1) is 0 Å². The summed E-state index contributed by atoms with van der Waals surface area (Å²) < 4.78 is 1.32. The highest BCUT2D eigenvalue weighted by molar-refractivity contribution is 7.80. The second-order valence-corrected chi connectivity index (χ2v) is 6.72. The predicted molar refractivity (Wildman–Crippen MR) is 96.8 cm³/mol. The van der Waals surface area contributed by atoms with Crippen LogP contribution < -0.4 is 0 Å². The minimum atomic E-state index is 1.06. The maximum Gasteiger partial charge on any atom is 0.0786 e. The molecule has 20 heavy (non-hydrogen) atoms. The van der Waals surface area contributed by atoms with Crippen molar-refractivity contribution in [2.24, 2.45) is 0 Å². The van der Waals surface area contributed by atoms with Gasteiger partial charge in [-0.25, -0.2) is 0 Å². The summed E-state index contributed by atoms with van der Waals surface area (Å²) in [6.45, 7) is 12.4. The van der Waals surface area contributed by atoms with Crippen LogP contribution in [-0.4, -0.2) is 36.4 Å². The van der Waals surface area contributed by atoms with Crippen molar-refractivity contribution in [1.82, 2.24) is 0 Å². The topological polar surface area (TPSA) is 0 Å². The van der Waals surface area contributed by atoms with Crippen LogP contribution in [0.2, 0.25) is 0 Å². The van der Waals surface area contributed by atoms with Crippen LogP contribution in [0.5, 0.6) is 0 Å². The second-order valence-electron chi connectivity index (χ2n) is 6.27. The molecule has 0 N–H and O–H groups in total. The molecule has 1 nitrogen and oxygen atoms in total. The Balaban J connectivity index is 3.32. The van der Waals surface area contributed by atoms with Gasteiger partial charge in [-0.3, -0.25) is 0 Å². The van der Waals surface area contributed by atoms with Gasteiger partial charge in [-0.2, -0.15) is 12.6 Å². The van der Waals surface area contributed by atoms with E-state index in [1.165, 1.54) is 94.9 Å². The highest BCUT2D eigenvalue weighted by Crippen LogP contribution is 2.13. The van der Waals surface area contributed by atoms with E-state index in [4.69, 9.17) is 0 Å². The molecule has 0 heterocycles. The fraction of sp³-hybridized carbons (Fsp3) is 1.00. The molecular weight excluding hydrogens is 262 g/mol. The Morgan fingerprint density at radius 3 is 1.25 bits per heavy atom. The van der Waals surface area contributed by atoms with Crippen LogP contribution in [0.1, 0.15) is 85.0 Å². The first-order valence-electron chi connectivity index (χ1n) is 9.20. The maximum absolute atomic E-state index is 4.25. The summed E-state index contributed by atoms with van der Waals surface area (Å²) >= 11 is 4.25. The number of rotatable bonds is 15. The molecule has 0 fully saturated rings. The molecule has 0 aliphatic carbocycles. The third-order valence-electron chi connectivity index (χ3n) is 5.05. The molecule has 0 bridgehead atoms. The minimum absolute atomic E-state index is 1.06. The standard InChI is InChI=1S/C18H39NS/c1-4-19(5-2,6-3)17-15-13-11-9-7-8-10-12-14-16-18-20/h4-18H2,1-3H3/p+1. The van der Waals surface area contributed by atoms with E-state index in [0.717, 1.165) is 5.75 Å². The van der Waals surface area contributed by atoms with Gasteiger partial charge in [-0.05, 0) is 45.8 Å². The lowest BCUT2D eigenvalue weighted by atomic mass is 10.1. The fourth-order valence-corrected chi connectivity index (χ4v) is 3.34. The largest absolute Gasteiger partial charge is 0.324 e. The van der Waals surface area contributed by atoms with E-state index < -0.39 is 0 Å². The normalized spacial score (nSPS) is 12.0. The zero-order valence-corrected chi connectivity index (χ0v) is 15.4. The molecule has 0 aliphatic heterocycles. The van der Waals surface area contributed by atoms with Gasteiger partial charge in [0.2, 0.25) is 0 Å². The number of quaternary nitrogens is 1. The zero-order valence-electron chi connectivity index (χ0n) is 14.5. The summed E-state index contributed by atoms with van der Waals surface area (Å²) in [5.41, 5.74) is 0. The Morgan fingerprint density at radius 1 is 0.550 bits per heavy atom. The Morgan fingerprint density at radius 2 is 0.900 bits per heavy atom. The van der Waals surface area contributed by atoms with Gasteiger partial charge in [-0.1, -0.05) is 44.9 Å². The fourth-order valence-electron chi connectivity index (χ4n) is 3.12. The molecule has 0 aliphatic rings. The first-order chi connectivity index (χ1) is 9.74. The zero-order chi connectivity index (χ0) is 15.1. The third kappa shape index (κ3) is 10.1. The van der Waals surface area contributed by atoms with Crippen molar-refractivity contribution in [1.29, 1.82) is 0 Å². The summed E-state index contributed by atoms with van der Waals surface area (Å²) in [5, 5.41) is 0. The highest BCUT2D eigenvalue weighted by atomic mass is 32.1. The van der Waals surface area contributed by atoms with Crippen molar-refractivity contribution in [3.8, 4) is 0 Å². The number of nitrogens with zero attached hydrogens (tertiary/aromatic N) is 1. The first-order valence-corrected chi connectivity index (χ1v) is 9.83. The van der Waals surface area contributed by atoms with Crippen molar-refractivity contribution in [3.63, 3.8) is 0 Å². The van der Waals surface area contributed by atoms with Crippen LogP contribution in [0.15, 0.2) is 0 Å². The summed E-state index contributed by atoms with van der Waals surface area (Å²) in [6.07, 6.45) is 14.2. The summed E-state index contributed by atoms with van der Waals surface area (Å²) in [5.74, 6) is 1.06. The highest BCUT2D eigenvalue weighted by Gasteiger charge is 2.19. The van der Waals surface area contributed by atoms with Crippen LogP contribution in [0.25, 0.3) is 0 Å². The van der Waals surface area contributed by atoms with E-state index in [1.54, 1.807) is 0 Å². The lowest BCUT2D eigenvalue weighted by molar-refractivity contribution is -0.923. The molecule has 0 amide bonds. The molecule has 0 aromatic heterocycles. The maximum atomic E-state index is 4.25. The quantitative estimate of drug-likeness (QED) is 0.224. The lowest BCUT2D eigenvalue weighted by Gasteiger charge is -2.35. The van der Waals surface area contributed by atoms with Crippen LogP contribution in [-0.2, 0) is 0 Å². The summed E-state index contributed by atoms with van der Waals surface area (Å²) in [6, 6.07) is 0. The predicted octanol–water partition coefficient (Wildman–Crippen LogP) is 5.69. The van der Waals surface area contributed by atoms with Gasteiger partial charge >= 0.3 is 0 Å². The molecule has 0 aromatic carbocycles. The van der Waals surface area contributed by atoms with Crippen molar-refractivity contribution in [3.05, 3.63) is 0 Å². The number of hydrogen-bond donors (Lipinski definition) is 1. The third-order valence-corrected chi connectivity index (χ3v) is 5.37. The Bertz CT molecular complexity index is 182. The van der Waals surface area contributed by atoms with E-state index >= 15 is 0 Å². The first kappa shape index (κ1) is 20.3. The van der Waals surface area contributed by atoms with E-state index in [9.17, 15) is 0 Å². The van der Waals surface area contributed by atoms with E-state index in [1.807, 2.05) is 0 Å². The monoisotopic (exact) mass is 302 g/mol. The number of unbranched alkanes of at least 4 members (excludes halogenated alkanes) is 9. The Hall–Kier alpha value is 0.310. The molecule has 0 saturated heterocycles. The molecular formula is C18H40NS+. The Kier molecular flexibility index (Phi) is 14.5. The molecule has 0 rings (SSSR count). The average molecular weight is 303 g/mol. The van der Waals surface area contributed by atoms with E-state index in [-0.39, 0.29) is 0 Å². The molecule has 0 spiro atoms. The van der Waals surface area contributed by atoms with E-state index in [0.29, 0.717) is 0 Å². The van der Waals surface area contributed by atoms with Crippen molar-refractivity contribution in [2.45, 2.75) is 85.0 Å². The minimum Gasteiger partial charge on any atom is -0.324 e. The smallest absolute Gasteiger partial charge is 0.0786 e. The molecule has 0 atom stereocenters. The SMILES string of the molecule is CC[N+](CC)(CC)CCCCCCCCCCCCS. The molecule has 0 saturated carbocycles. The van der Waals surface area contributed by atoms with Gasteiger partial charge in [0.25, 0.3) is 0 Å². The van der Waals surface area contributed by atoms with Crippen molar-refractivity contribution in [2.75, 3.05) is 31.9 Å². The molecule has 122 valence electrons. The van der Waals surface area contributed by atoms with Crippen LogP contribution in [0, 0.1) is 0 Å². The lowest BCUT2D eigenvalue weighted by Crippen LogP contribution is -2.48. The second kappa shape index (κ2) is 14.3. The van der Waals surface area contributed by atoms with Gasteiger partial charge in [0.05, 0.1) is 26.2 Å². The molecule has 0 radical (unpaired) electrons. The van der Waals surface area contributed by atoms with Gasteiger partial charge in [0.15, 0.2) is 0 Å². The summed E-state index contributed by atoms with van der Waals surface area (Å²) in [7, 11) is 0. The molecule has 0 aromatic rings. The summed E-state index contributed by atoms with van der Waals surface area (Å²) in [4.78, 5) is 0. The average Bonchev–Trinajstić information content (AvgIpc) is 2.49. The molecule has 2 heteroatoms. The van der Waals surface area contributed by atoms with Crippen LogP contribution in [0.3, 0.4) is 0 Å². The van der Waals surface area contributed by atoms with Gasteiger partial charge in [0, 0.05) is 0 Å². The van der Waals surface area contributed by atoms with Crippen LogP contribution in [0.4, 0.5) is 0 Å². The van der Waals surface area contributed by atoms with Crippen molar-refractivity contribution >= 4 is 12.6 Å². The number of hydrogen-bond acceptors (Lipinski definition) is 1. The molecule has 0 unspecified atom stereocenters. The Labute approximate surface area is 134 Å². The van der Waals surface area contributed by atoms with Crippen molar-refractivity contribution < 1.29 is 4.48 Å².